The maximum atomic E-state index is 13.5. The van der Waals surface area contributed by atoms with E-state index in [0.717, 1.165) is 34.6 Å². The van der Waals surface area contributed by atoms with Gasteiger partial charge in [-0.05, 0) is 92.3 Å². The average molecular weight is 405 g/mol. The van der Waals surface area contributed by atoms with Crippen molar-refractivity contribution < 1.29 is 4.39 Å². The largest absolute Gasteiger partial charge is 0.303 e. The quantitative estimate of drug-likeness (QED) is 0.570. The minimum Gasteiger partial charge on any atom is -0.303 e. The molecule has 2 nitrogen and oxygen atoms in total. The molecule has 5 rings (SSSR count). The Kier molecular flexibility index (Phi) is 5.99. The molecule has 1 aliphatic heterocycles. The summed E-state index contributed by atoms with van der Waals surface area (Å²) in [6, 6.07) is 10.9. The molecule has 3 aliphatic rings. The molecule has 0 radical (unpaired) electrons. The zero-order valence-corrected chi connectivity index (χ0v) is 17.8. The molecule has 2 aliphatic carbocycles. The van der Waals surface area contributed by atoms with E-state index in [1.165, 1.54) is 70.6 Å². The maximum absolute atomic E-state index is 13.5. The summed E-state index contributed by atoms with van der Waals surface area (Å²) in [5, 5.41) is 0. The second-order valence-corrected chi connectivity index (χ2v) is 9.63. The molecule has 0 unspecified atom stereocenters. The predicted molar refractivity (Wildman–Crippen MR) is 121 cm³/mol. The van der Waals surface area contributed by atoms with E-state index < -0.39 is 0 Å². The standard InChI is InChI=1S/C27H33FN2/c28-24-8-5-7-20(17-24)22-10-11-25(29-18-22)12-13-27-23(19-30-14-3-4-15-30)16-21-6-1-2-9-26(21)27/h5,7-8,10-13,17-18,21,23,26-27H,1-4,6,9,14-16,19H2/t21-,23-,26+,27-/m1/s1. The van der Waals surface area contributed by atoms with Crippen molar-refractivity contribution >= 4 is 6.08 Å². The van der Waals surface area contributed by atoms with Crippen LogP contribution in [0.15, 0.2) is 48.7 Å². The first-order chi connectivity index (χ1) is 14.8. The second-order valence-electron chi connectivity index (χ2n) is 9.63. The number of benzene rings is 1. The molecule has 3 heteroatoms. The van der Waals surface area contributed by atoms with Gasteiger partial charge in [0.2, 0.25) is 0 Å². The second kappa shape index (κ2) is 9.01. The van der Waals surface area contributed by atoms with Gasteiger partial charge in [-0.1, -0.05) is 43.5 Å². The van der Waals surface area contributed by atoms with Crippen molar-refractivity contribution in [2.75, 3.05) is 19.6 Å². The monoisotopic (exact) mass is 404 g/mol. The van der Waals surface area contributed by atoms with Gasteiger partial charge in [0.05, 0.1) is 5.69 Å². The Morgan fingerprint density at radius 1 is 1.00 bits per heavy atom. The van der Waals surface area contributed by atoms with Crippen LogP contribution in [0.1, 0.15) is 50.6 Å². The Balaban J connectivity index is 1.31. The number of rotatable bonds is 5. The Bertz CT molecular complexity index is 869. The number of halogens is 1. The number of allylic oxidation sites excluding steroid dienone is 1. The van der Waals surface area contributed by atoms with Crippen molar-refractivity contribution in [2.24, 2.45) is 23.7 Å². The van der Waals surface area contributed by atoms with Crippen LogP contribution in [0, 0.1) is 29.5 Å². The van der Waals surface area contributed by atoms with Crippen LogP contribution in [0.3, 0.4) is 0 Å². The van der Waals surface area contributed by atoms with Crippen LogP contribution in [-0.2, 0) is 0 Å². The van der Waals surface area contributed by atoms with Crippen LogP contribution >= 0.6 is 0 Å². The van der Waals surface area contributed by atoms with Gasteiger partial charge in [-0.2, -0.15) is 0 Å². The minimum atomic E-state index is -0.205. The van der Waals surface area contributed by atoms with Gasteiger partial charge in [-0.3, -0.25) is 4.98 Å². The molecular weight excluding hydrogens is 371 g/mol. The van der Waals surface area contributed by atoms with Crippen molar-refractivity contribution in [1.29, 1.82) is 0 Å². The molecule has 2 saturated carbocycles. The van der Waals surface area contributed by atoms with Gasteiger partial charge in [0.1, 0.15) is 5.82 Å². The van der Waals surface area contributed by atoms with Crippen molar-refractivity contribution in [2.45, 2.75) is 44.9 Å². The number of nitrogens with zero attached hydrogens (tertiary/aromatic N) is 2. The van der Waals surface area contributed by atoms with E-state index in [-0.39, 0.29) is 5.82 Å². The first-order valence-corrected chi connectivity index (χ1v) is 11.9. The topological polar surface area (TPSA) is 16.1 Å². The van der Waals surface area contributed by atoms with E-state index >= 15 is 0 Å². The van der Waals surface area contributed by atoms with Gasteiger partial charge in [0, 0.05) is 18.3 Å². The van der Waals surface area contributed by atoms with Gasteiger partial charge < -0.3 is 4.90 Å². The minimum absolute atomic E-state index is 0.205. The highest BCUT2D eigenvalue weighted by Crippen LogP contribution is 2.50. The number of hydrogen-bond acceptors (Lipinski definition) is 2. The average Bonchev–Trinajstić information content (AvgIpc) is 3.40. The fraction of sp³-hybridized carbons (Fsp3) is 0.519. The smallest absolute Gasteiger partial charge is 0.123 e. The Morgan fingerprint density at radius 3 is 2.67 bits per heavy atom. The lowest BCUT2D eigenvalue weighted by Crippen LogP contribution is -2.29. The van der Waals surface area contributed by atoms with E-state index in [0.29, 0.717) is 5.92 Å². The first-order valence-electron chi connectivity index (χ1n) is 11.9. The summed E-state index contributed by atoms with van der Waals surface area (Å²) in [5.41, 5.74) is 2.85. The number of pyridine rings is 1. The van der Waals surface area contributed by atoms with Crippen molar-refractivity contribution in [1.82, 2.24) is 9.88 Å². The van der Waals surface area contributed by atoms with Crippen LogP contribution in [0.5, 0.6) is 0 Å². The molecule has 4 atom stereocenters. The zero-order chi connectivity index (χ0) is 20.3. The Morgan fingerprint density at radius 2 is 1.87 bits per heavy atom. The number of fused-ring (bicyclic) bond motifs is 1. The molecule has 30 heavy (non-hydrogen) atoms. The highest BCUT2D eigenvalue weighted by molar-refractivity contribution is 5.63. The fourth-order valence-electron chi connectivity index (χ4n) is 6.28. The summed E-state index contributed by atoms with van der Waals surface area (Å²) in [4.78, 5) is 7.36. The van der Waals surface area contributed by atoms with E-state index in [4.69, 9.17) is 0 Å². The van der Waals surface area contributed by atoms with E-state index in [9.17, 15) is 4.39 Å². The van der Waals surface area contributed by atoms with Gasteiger partial charge in [0.15, 0.2) is 0 Å². The number of aromatic nitrogens is 1. The molecule has 1 aromatic carbocycles. The van der Waals surface area contributed by atoms with Gasteiger partial charge in [-0.25, -0.2) is 4.39 Å². The lowest BCUT2D eigenvalue weighted by Gasteiger charge is -2.29. The molecule has 0 bridgehead atoms. The molecule has 0 amide bonds. The molecule has 3 fully saturated rings. The summed E-state index contributed by atoms with van der Waals surface area (Å²) in [7, 11) is 0. The molecule has 1 saturated heterocycles. The summed E-state index contributed by atoms with van der Waals surface area (Å²) in [6.45, 7) is 3.88. The number of hydrogen-bond donors (Lipinski definition) is 0. The van der Waals surface area contributed by atoms with Crippen molar-refractivity contribution in [3.05, 3.63) is 60.2 Å². The molecular formula is C27H33FN2. The lowest BCUT2D eigenvalue weighted by atomic mass is 9.77. The first kappa shape index (κ1) is 19.9. The van der Waals surface area contributed by atoms with Crippen LogP contribution in [0.4, 0.5) is 4.39 Å². The normalized spacial score (nSPS) is 29.5. The molecule has 0 N–H and O–H groups in total. The summed E-state index contributed by atoms with van der Waals surface area (Å²) < 4.78 is 13.5. The predicted octanol–water partition coefficient (Wildman–Crippen LogP) is 6.44. The maximum Gasteiger partial charge on any atom is 0.123 e. The zero-order valence-electron chi connectivity index (χ0n) is 17.8. The SMILES string of the molecule is Fc1cccc(-c2ccc(C=C[C@@H]3[C@@H](CN4CCCC4)C[C@H]4CCCC[C@@H]43)nc2)c1. The third-order valence-electron chi connectivity index (χ3n) is 7.74. The van der Waals surface area contributed by atoms with Crippen LogP contribution in [0.2, 0.25) is 0 Å². The highest BCUT2D eigenvalue weighted by atomic mass is 19.1. The summed E-state index contributed by atoms with van der Waals surface area (Å²) >= 11 is 0. The third-order valence-corrected chi connectivity index (χ3v) is 7.74. The molecule has 2 aromatic rings. The van der Waals surface area contributed by atoms with Crippen LogP contribution < -0.4 is 0 Å². The fourth-order valence-corrected chi connectivity index (χ4v) is 6.28. The van der Waals surface area contributed by atoms with Crippen LogP contribution in [0.25, 0.3) is 17.2 Å². The lowest BCUT2D eigenvalue weighted by molar-refractivity contribution is 0.229. The van der Waals surface area contributed by atoms with Gasteiger partial charge in [-0.15, -0.1) is 0 Å². The molecule has 0 spiro atoms. The molecule has 158 valence electrons. The van der Waals surface area contributed by atoms with Crippen LogP contribution in [-0.4, -0.2) is 29.5 Å². The number of likely N-dealkylation sites (tertiary alicyclic amines) is 1. The Hall–Kier alpha value is -2.00. The molecule has 2 heterocycles. The van der Waals surface area contributed by atoms with Crippen molar-refractivity contribution in [3.63, 3.8) is 0 Å². The third kappa shape index (κ3) is 4.37. The van der Waals surface area contributed by atoms with Gasteiger partial charge >= 0.3 is 0 Å². The highest BCUT2D eigenvalue weighted by Gasteiger charge is 2.43. The van der Waals surface area contributed by atoms with E-state index in [1.807, 2.05) is 12.3 Å². The van der Waals surface area contributed by atoms with E-state index in [2.05, 4.69) is 34.2 Å². The Labute approximate surface area is 180 Å². The summed E-state index contributed by atoms with van der Waals surface area (Å²) in [6.07, 6.45) is 16.4. The van der Waals surface area contributed by atoms with Crippen molar-refractivity contribution in [3.8, 4) is 11.1 Å². The molecule has 1 aromatic heterocycles. The van der Waals surface area contributed by atoms with Gasteiger partial charge in [0.25, 0.3) is 0 Å². The summed E-state index contributed by atoms with van der Waals surface area (Å²) in [5.74, 6) is 3.10. The van der Waals surface area contributed by atoms with E-state index in [1.54, 1.807) is 12.1 Å².